The summed E-state index contributed by atoms with van der Waals surface area (Å²) in [5, 5.41) is 1.49. The molecule has 0 spiro atoms. The summed E-state index contributed by atoms with van der Waals surface area (Å²) in [5.41, 5.74) is 7.32. The average molecular weight is 390 g/mol. The maximum atomic E-state index is 5.55. The molecule has 0 aliphatic carbocycles. The first-order chi connectivity index (χ1) is 14.3. The molecule has 0 N–H and O–H groups in total. The Labute approximate surface area is 173 Å². The molecule has 0 radical (unpaired) electrons. The fourth-order valence-electron chi connectivity index (χ4n) is 5.28. The van der Waals surface area contributed by atoms with Gasteiger partial charge in [-0.05, 0) is 49.4 Å². The molecule has 0 atom stereocenters. The van der Waals surface area contributed by atoms with Gasteiger partial charge in [-0.15, -0.1) is 0 Å². The number of piperazine rings is 1. The maximum Gasteiger partial charge on any atom is 0.142 e. The second kappa shape index (κ2) is 7.75. The summed E-state index contributed by atoms with van der Waals surface area (Å²) < 4.78 is 8.13. The highest BCUT2D eigenvalue weighted by molar-refractivity contribution is 5.88. The number of methoxy groups -OCH3 is 1. The summed E-state index contributed by atoms with van der Waals surface area (Å²) in [6.07, 6.45) is 3.64. The van der Waals surface area contributed by atoms with E-state index in [2.05, 4.69) is 57.7 Å². The summed E-state index contributed by atoms with van der Waals surface area (Å²) in [6.45, 7) is 8.99. The van der Waals surface area contributed by atoms with Gasteiger partial charge in [0.2, 0.25) is 0 Å². The van der Waals surface area contributed by atoms with Crippen molar-refractivity contribution in [3.8, 4) is 5.75 Å². The molecular formula is C25H31N3O. The van der Waals surface area contributed by atoms with E-state index in [1.807, 2.05) is 6.07 Å². The van der Waals surface area contributed by atoms with E-state index < -0.39 is 0 Å². The molecule has 2 aromatic carbocycles. The van der Waals surface area contributed by atoms with Crippen LogP contribution in [0.4, 0.5) is 5.69 Å². The largest absolute Gasteiger partial charge is 0.495 e. The van der Waals surface area contributed by atoms with Gasteiger partial charge in [0, 0.05) is 50.3 Å². The summed E-state index contributed by atoms with van der Waals surface area (Å²) in [7, 11) is 1.76. The summed E-state index contributed by atoms with van der Waals surface area (Å²) >= 11 is 0. The lowest BCUT2D eigenvalue weighted by atomic mass is 10.0. The zero-order valence-electron chi connectivity index (χ0n) is 17.7. The third kappa shape index (κ3) is 3.29. The Morgan fingerprint density at radius 3 is 2.59 bits per heavy atom. The van der Waals surface area contributed by atoms with Crippen molar-refractivity contribution in [1.29, 1.82) is 0 Å². The fourth-order valence-corrected chi connectivity index (χ4v) is 5.28. The molecule has 0 amide bonds. The fraction of sp³-hybridized carbons (Fsp3) is 0.440. The van der Waals surface area contributed by atoms with Crippen molar-refractivity contribution in [3.63, 3.8) is 0 Å². The smallest absolute Gasteiger partial charge is 0.142 e. The summed E-state index contributed by atoms with van der Waals surface area (Å²) in [6, 6.07) is 15.3. The van der Waals surface area contributed by atoms with Gasteiger partial charge in [0.05, 0.1) is 18.3 Å². The van der Waals surface area contributed by atoms with Crippen LogP contribution in [0.15, 0.2) is 42.5 Å². The second-order valence-electron chi connectivity index (χ2n) is 8.38. The predicted octanol–water partition coefficient (Wildman–Crippen LogP) is 4.27. The number of aryl methyl sites for hydroxylation is 2. The van der Waals surface area contributed by atoms with Crippen molar-refractivity contribution in [2.45, 2.75) is 32.7 Å². The van der Waals surface area contributed by atoms with Gasteiger partial charge < -0.3 is 14.2 Å². The quantitative estimate of drug-likeness (QED) is 0.650. The van der Waals surface area contributed by atoms with E-state index in [1.165, 1.54) is 47.2 Å². The van der Waals surface area contributed by atoms with Crippen LogP contribution in [0.3, 0.4) is 0 Å². The van der Waals surface area contributed by atoms with Crippen molar-refractivity contribution < 1.29 is 4.74 Å². The Morgan fingerprint density at radius 1 is 0.931 bits per heavy atom. The lowest BCUT2D eigenvalue weighted by molar-refractivity contribution is 0.260. The first-order valence-corrected chi connectivity index (χ1v) is 11.0. The number of anilines is 1. The lowest BCUT2D eigenvalue weighted by Crippen LogP contribution is -2.47. The SMILES string of the molecule is COc1ccccc1N1CCN(CCc2c(C)n3c4c(cccc24)CCC3)CC1. The molecule has 0 saturated carbocycles. The van der Waals surface area contributed by atoms with Crippen LogP contribution in [0.2, 0.25) is 0 Å². The molecule has 1 aromatic heterocycles. The molecule has 1 fully saturated rings. The van der Waals surface area contributed by atoms with Crippen molar-refractivity contribution in [2.75, 3.05) is 44.7 Å². The van der Waals surface area contributed by atoms with E-state index in [0.717, 1.165) is 44.9 Å². The minimum absolute atomic E-state index is 0.978. The molecule has 0 bridgehead atoms. The van der Waals surface area contributed by atoms with Crippen LogP contribution in [0.1, 0.15) is 23.2 Å². The monoisotopic (exact) mass is 389 g/mol. The minimum Gasteiger partial charge on any atom is -0.495 e. The number of hydrogen-bond donors (Lipinski definition) is 0. The minimum atomic E-state index is 0.978. The van der Waals surface area contributed by atoms with Crippen molar-refractivity contribution in [1.82, 2.24) is 9.47 Å². The molecule has 3 heterocycles. The molecule has 0 unspecified atom stereocenters. The predicted molar refractivity (Wildman–Crippen MR) is 120 cm³/mol. The average Bonchev–Trinajstić information content (AvgIpc) is 3.06. The number of hydrogen-bond acceptors (Lipinski definition) is 3. The van der Waals surface area contributed by atoms with Gasteiger partial charge in [-0.3, -0.25) is 4.90 Å². The first-order valence-electron chi connectivity index (χ1n) is 11.0. The molecule has 2 aliphatic heterocycles. The zero-order chi connectivity index (χ0) is 19.8. The van der Waals surface area contributed by atoms with Crippen molar-refractivity contribution in [2.24, 2.45) is 0 Å². The molecule has 1 saturated heterocycles. The summed E-state index contributed by atoms with van der Waals surface area (Å²) in [4.78, 5) is 5.08. The van der Waals surface area contributed by atoms with Gasteiger partial charge in [0.15, 0.2) is 0 Å². The third-order valence-electron chi connectivity index (χ3n) is 6.86. The van der Waals surface area contributed by atoms with Crippen LogP contribution in [-0.2, 0) is 19.4 Å². The number of rotatable bonds is 5. The van der Waals surface area contributed by atoms with Crippen LogP contribution < -0.4 is 9.64 Å². The lowest BCUT2D eigenvalue weighted by Gasteiger charge is -2.36. The third-order valence-corrected chi connectivity index (χ3v) is 6.86. The van der Waals surface area contributed by atoms with Gasteiger partial charge in [0.25, 0.3) is 0 Å². The Kier molecular flexibility index (Phi) is 4.96. The molecule has 29 heavy (non-hydrogen) atoms. The molecule has 152 valence electrons. The number of ether oxygens (including phenoxy) is 1. The Balaban J connectivity index is 1.27. The molecule has 4 nitrogen and oxygen atoms in total. The maximum absolute atomic E-state index is 5.55. The normalized spacial score (nSPS) is 17.1. The number of benzene rings is 2. The molecule has 4 heteroatoms. The molecule has 5 rings (SSSR count). The first kappa shape index (κ1) is 18.6. The van der Waals surface area contributed by atoms with E-state index in [-0.39, 0.29) is 0 Å². The van der Waals surface area contributed by atoms with Gasteiger partial charge in [0.1, 0.15) is 5.75 Å². The number of para-hydroxylation sites is 3. The van der Waals surface area contributed by atoms with Crippen molar-refractivity contribution >= 4 is 16.6 Å². The Bertz CT molecular complexity index is 1010. The van der Waals surface area contributed by atoms with Crippen LogP contribution in [0, 0.1) is 6.92 Å². The highest BCUT2D eigenvalue weighted by atomic mass is 16.5. The van der Waals surface area contributed by atoms with Crippen molar-refractivity contribution in [3.05, 3.63) is 59.3 Å². The van der Waals surface area contributed by atoms with E-state index in [0.29, 0.717) is 0 Å². The topological polar surface area (TPSA) is 20.6 Å². The van der Waals surface area contributed by atoms with Gasteiger partial charge >= 0.3 is 0 Å². The Hall–Kier alpha value is -2.46. The number of nitrogens with zero attached hydrogens (tertiary/aromatic N) is 3. The Morgan fingerprint density at radius 2 is 1.76 bits per heavy atom. The van der Waals surface area contributed by atoms with E-state index in [1.54, 1.807) is 12.7 Å². The standard InChI is InChI=1S/C25H31N3O/c1-19-21(22-9-5-7-20-8-6-13-28(19)25(20)22)12-14-26-15-17-27(18-16-26)23-10-3-4-11-24(23)29-2/h3-5,7,9-11H,6,8,12-18H2,1-2H3. The number of aromatic nitrogens is 1. The summed E-state index contributed by atoms with van der Waals surface area (Å²) in [5.74, 6) is 0.978. The van der Waals surface area contributed by atoms with Crippen LogP contribution >= 0.6 is 0 Å². The molecule has 2 aliphatic rings. The highest BCUT2D eigenvalue weighted by Gasteiger charge is 2.22. The van der Waals surface area contributed by atoms with Gasteiger partial charge in [-0.1, -0.05) is 30.3 Å². The van der Waals surface area contributed by atoms with Crippen LogP contribution in [0.5, 0.6) is 5.75 Å². The van der Waals surface area contributed by atoms with Crippen LogP contribution in [-0.4, -0.2) is 49.3 Å². The van der Waals surface area contributed by atoms with E-state index in [9.17, 15) is 0 Å². The van der Waals surface area contributed by atoms with E-state index in [4.69, 9.17) is 4.74 Å². The van der Waals surface area contributed by atoms with Gasteiger partial charge in [-0.25, -0.2) is 0 Å². The second-order valence-corrected chi connectivity index (χ2v) is 8.38. The zero-order valence-corrected chi connectivity index (χ0v) is 17.7. The van der Waals surface area contributed by atoms with E-state index >= 15 is 0 Å². The molecule has 3 aromatic rings. The molecular weight excluding hydrogens is 358 g/mol. The highest BCUT2D eigenvalue weighted by Crippen LogP contribution is 2.33. The van der Waals surface area contributed by atoms with Crippen LogP contribution in [0.25, 0.3) is 10.9 Å². The van der Waals surface area contributed by atoms with Gasteiger partial charge in [-0.2, -0.15) is 0 Å².